The smallest absolute Gasteiger partial charge is 0.0938 e. The van der Waals surface area contributed by atoms with Crippen molar-refractivity contribution < 1.29 is 0 Å². The third-order valence-corrected chi connectivity index (χ3v) is 4.05. The van der Waals surface area contributed by atoms with E-state index in [4.69, 9.17) is 10.7 Å². The maximum atomic E-state index is 6.01. The van der Waals surface area contributed by atoms with Crippen LogP contribution in [-0.4, -0.2) is 4.98 Å². The minimum Gasteiger partial charge on any atom is -0.397 e. The maximum absolute atomic E-state index is 6.01. The van der Waals surface area contributed by atoms with Crippen LogP contribution in [0, 0.1) is 0 Å². The van der Waals surface area contributed by atoms with Crippen molar-refractivity contribution in [3.05, 3.63) is 48.0 Å². The summed E-state index contributed by atoms with van der Waals surface area (Å²) in [6.07, 6.45) is 6.37. The van der Waals surface area contributed by atoms with Gasteiger partial charge in [0.15, 0.2) is 0 Å². The van der Waals surface area contributed by atoms with Crippen LogP contribution in [0.25, 0.3) is 21.8 Å². The summed E-state index contributed by atoms with van der Waals surface area (Å²) in [5.41, 5.74) is 10.1. The second-order valence-electron chi connectivity index (χ2n) is 5.75. The first-order chi connectivity index (χ1) is 10.3. The van der Waals surface area contributed by atoms with E-state index in [1.165, 1.54) is 36.6 Å². The summed E-state index contributed by atoms with van der Waals surface area (Å²) in [7, 11) is 0. The highest BCUT2D eigenvalue weighted by Gasteiger charge is 2.03. The molecule has 0 saturated carbocycles. The van der Waals surface area contributed by atoms with E-state index in [0.717, 1.165) is 28.5 Å². The van der Waals surface area contributed by atoms with Crippen LogP contribution in [0.2, 0.25) is 0 Å². The number of fused-ring (bicyclic) bond motifs is 2. The van der Waals surface area contributed by atoms with Gasteiger partial charge < -0.3 is 5.73 Å². The number of aryl methyl sites for hydroxylation is 1. The van der Waals surface area contributed by atoms with Crippen molar-refractivity contribution in [1.29, 1.82) is 0 Å². The van der Waals surface area contributed by atoms with E-state index in [2.05, 4.69) is 37.3 Å². The molecule has 2 nitrogen and oxygen atoms in total. The molecule has 2 aromatic carbocycles. The first-order valence-electron chi connectivity index (χ1n) is 7.86. The summed E-state index contributed by atoms with van der Waals surface area (Å²) in [5, 5.41) is 2.33. The Morgan fingerprint density at radius 3 is 2.71 bits per heavy atom. The highest BCUT2D eigenvalue weighted by atomic mass is 14.7. The number of nitrogens with zero attached hydrogens (tertiary/aromatic N) is 1. The lowest BCUT2D eigenvalue weighted by atomic mass is 10.0. The molecule has 21 heavy (non-hydrogen) atoms. The molecule has 0 amide bonds. The average molecular weight is 278 g/mol. The minimum atomic E-state index is 0.748. The Balaban J connectivity index is 1.92. The summed E-state index contributed by atoms with van der Waals surface area (Å²) in [4.78, 5) is 4.70. The molecule has 1 aromatic heterocycles. The fourth-order valence-corrected chi connectivity index (χ4v) is 2.85. The highest BCUT2D eigenvalue weighted by Crippen LogP contribution is 2.24. The summed E-state index contributed by atoms with van der Waals surface area (Å²) in [6, 6.07) is 14.8. The number of para-hydroxylation sites is 1. The molecule has 2 heteroatoms. The lowest BCUT2D eigenvalue weighted by Crippen LogP contribution is -1.91. The van der Waals surface area contributed by atoms with Gasteiger partial charge in [-0.2, -0.15) is 0 Å². The zero-order chi connectivity index (χ0) is 14.7. The summed E-state index contributed by atoms with van der Waals surface area (Å²) < 4.78 is 0. The van der Waals surface area contributed by atoms with E-state index in [-0.39, 0.29) is 0 Å². The van der Waals surface area contributed by atoms with Crippen LogP contribution >= 0.6 is 0 Å². The van der Waals surface area contributed by atoms with Crippen molar-refractivity contribution in [1.82, 2.24) is 4.98 Å². The van der Waals surface area contributed by atoms with E-state index >= 15 is 0 Å². The molecule has 3 aromatic rings. The Morgan fingerprint density at radius 1 is 0.952 bits per heavy atom. The van der Waals surface area contributed by atoms with Gasteiger partial charge in [-0.25, -0.2) is 4.98 Å². The Morgan fingerprint density at radius 2 is 1.86 bits per heavy atom. The number of nitrogens with two attached hydrogens (primary N) is 1. The number of nitrogen functional groups attached to an aromatic ring is 1. The van der Waals surface area contributed by atoms with Crippen molar-refractivity contribution in [2.45, 2.75) is 39.0 Å². The Bertz CT molecular complexity index is 762. The number of aromatic nitrogens is 1. The quantitative estimate of drug-likeness (QED) is 0.401. The van der Waals surface area contributed by atoms with Crippen molar-refractivity contribution in [3.63, 3.8) is 0 Å². The molecule has 0 aliphatic carbocycles. The number of hydrogen-bond acceptors (Lipinski definition) is 2. The summed E-state index contributed by atoms with van der Waals surface area (Å²) >= 11 is 0. The van der Waals surface area contributed by atoms with Gasteiger partial charge >= 0.3 is 0 Å². The zero-order valence-corrected chi connectivity index (χ0v) is 12.6. The third kappa shape index (κ3) is 2.99. The average Bonchev–Trinajstić information content (AvgIpc) is 2.50. The lowest BCUT2D eigenvalue weighted by Gasteiger charge is -2.06. The molecule has 0 saturated heterocycles. The van der Waals surface area contributed by atoms with Crippen molar-refractivity contribution in [2.75, 3.05) is 5.73 Å². The molecule has 0 unspecified atom stereocenters. The number of benzene rings is 2. The molecule has 0 aliphatic rings. The van der Waals surface area contributed by atoms with E-state index in [9.17, 15) is 0 Å². The minimum absolute atomic E-state index is 0.748. The predicted octanol–water partition coefficient (Wildman–Crippen LogP) is 5.09. The Kier molecular flexibility index (Phi) is 4.05. The first-order valence-corrected chi connectivity index (χ1v) is 7.86. The molecule has 2 N–H and O–H groups in total. The van der Waals surface area contributed by atoms with Gasteiger partial charge in [0.1, 0.15) is 0 Å². The highest BCUT2D eigenvalue weighted by molar-refractivity contribution is 5.97. The fraction of sp³-hybridized carbons (Fsp3) is 0.316. The molecule has 1 heterocycles. The van der Waals surface area contributed by atoms with Crippen molar-refractivity contribution in [3.8, 4) is 0 Å². The Hall–Kier alpha value is -2.09. The van der Waals surface area contributed by atoms with Crippen molar-refractivity contribution >= 4 is 27.5 Å². The molecule has 0 spiro atoms. The topological polar surface area (TPSA) is 38.9 Å². The molecular weight excluding hydrogens is 256 g/mol. The number of pyridine rings is 1. The first kappa shape index (κ1) is 13.9. The third-order valence-electron chi connectivity index (χ3n) is 4.05. The van der Waals surface area contributed by atoms with Gasteiger partial charge in [-0.3, -0.25) is 0 Å². The number of hydrogen-bond donors (Lipinski definition) is 1. The molecule has 0 aliphatic heterocycles. The van der Waals surface area contributed by atoms with Gasteiger partial charge in [0, 0.05) is 10.8 Å². The Labute approximate surface area is 126 Å². The molecule has 0 bridgehead atoms. The second kappa shape index (κ2) is 6.13. The van der Waals surface area contributed by atoms with Crippen LogP contribution in [0.4, 0.5) is 5.69 Å². The number of anilines is 1. The van der Waals surface area contributed by atoms with Crippen LogP contribution in [0.3, 0.4) is 0 Å². The molecular formula is C19H22N2. The number of unbranched alkanes of at least 4 members (excludes halogenated alkanes) is 3. The van der Waals surface area contributed by atoms with Gasteiger partial charge in [0.25, 0.3) is 0 Å². The normalized spacial score (nSPS) is 11.3. The molecule has 3 rings (SSSR count). The monoisotopic (exact) mass is 278 g/mol. The van der Waals surface area contributed by atoms with E-state index < -0.39 is 0 Å². The van der Waals surface area contributed by atoms with Gasteiger partial charge in [0.05, 0.1) is 16.7 Å². The van der Waals surface area contributed by atoms with Gasteiger partial charge in [0.2, 0.25) is 0 Å². The van der Waals surface area contributed by atoms with Crippen molar-refractivity contribution in [2.24, 2.45) is 0 Å². The second-order valence-corrected chi connectivity index (χ2v) is 5.75. The SMILES string of the molecule is CCCCCCc1ccc2nc3c(N)cccc3cc2c1. The maximum Gasteiger partial charge on any atom is 0.0938 e. The molecule has 0 fully saturated rings. The van der Waals surface area contributed by atoms with Crippen LogP contribution in [0.15, 0.2) is 42.5 Å². The van der Waals surface area contributed by atoms with Crippen LogP contribution in [0.1, 0.15) is 38.2 Å². The van der Waals surface area contributed by atoms with Crippen LogP contribution in [0.5, 0.6) is 0 Å². The molecule has 0 atom stereocenters. The van der Waals surface area contributed by atoms with E-state index in [0.29, 0.717) is 0 Å². The number of rotatable bonds is 5. The van der Waals surface area contributed by atoms with Crippen LogP contribution < -0.4 is 5.73 Å². The van der Waals surface area contributed by atoms with E-state index in [1.807, 2.05) is 12.1 Å². The van der Waals surface area contributed by atoms with Gasteiger partial charge in [-0.1, -0.05) is 44.4 Å². The molecule has 108 valence electrons. The molecule has 0 radical (unpaired) electrons. The summed E-state index contributed by atoms with van der Waals surface area (Å²) in [6.45, 7) is 2.25. The largest absolute Gasteiger partial charge is 0.397 e. The fourth-order valence-electron chi connectivity index (χ4n) is 2.85. The van der Waals surface area contributed by atoms with Gasteiger partial charge in [-0.15, -0.1) is 0 Å². The lowest BCUT2D eigenvalue weighted by molar-refractivity contribution is 0.667. The standard InChI is InChI=1S/C19H22N2/c1-2-3-4-5-7-14-10-11-18-16(12-14)13-15-8-6-9-17(20)19(15)21-18/h6,8-13H,2-5,7,20H2,1H3. The zero-order valence-electron chi connectivity index (χ0n) is 12.6. The van der Waals surface area contributed by atoms with Crippen LogP contribution in [-0.2, 0) is 6.42 Å². The van der Waals surface area contributed by atoms with Gasteiger partial charge in [-0.05, 0) is 42.7 Å². The van der Waals surface area contributed by atoms with E-state index in [1.54, 1.807) is 0 Å². The summed E-state index contributed by atoms with van der Waals surface area (Å²) in [5.74, 6) is 0. The predicted molar refractivity (Wildman–Crippen MR) is 91.5 cm³/mol.